The van der Waals surface area contributed by atoms with Gasteiger partial charge in [0, 0.05) is 0 Å². The lowest BCUT2D eigenvalue weighted by Gasteiger charge is -2.31. The minimum Gasteiger partial charge on any atom is -0.325 e. The number of rotatable bonds is 5. The van der Waals surface area contributed by atoms with Crippen molar-refractivity contribution in [3.8, 4) is 0 Å². The molecule has 156 valence electrons. The third kappa shape index (κ3) is 5.42. The SMILES string of the molecule is Cc1ccc(S(=O)(=O)N2CC[NH+](CC(=O)Nc3cc(Cl)c(Cl)cc3Cl)CC2)cc1. The number of halogens is 3. The molecule has 1 saturated heterocycles. The second kappa shape index (κ2) is 9.20. The minimum absolute atomic E-state index is 0.203. The number of sulfonamides is 1. The van der Waals surface area contributed by atoms with Gasteiger partial charge < -0.3 is 10.2 Å². The molecule has 0 bridgehead atoms. The molecule has 0 atom stereocenters. The number of carbonyl (C=O) groups excluding carboxylic acids is 1. The van der Waals surface area contributed by atoms with Crippen molar-refractivity contribution in [3.05, 3.63) is 57.0 Å². The van der Waals surface area contributed by atoms with Gasteiger partial charge in [-0.15, -0.1) is 0 Å². The van der Waals surface area contributed by atoms with Crippen molar-refractivity contribution < 1.29 is 18.1 Å². The molecular weight excluding hydrogens is 457 g/mol. The predicted molar refractivity (Wildman–Crippen MR) is 116 cm³/mol. The summed E-state index contributed by atoms with van der Waals surface area (Å²) in [4.78, 5) is 13.6. The maximum atomic E-state index is 12.8. The topological polar surface area (TPSA) is 70.9 Å². The van der Waals surface area contributed by atoms with Crippen LogP contribution in [0.15, 0.2) is 41.3 Å². The lowest BCUT2D eigenvalue weighted by Crippen LogP contribution is -3.15. The Morgan fingerprint density at radius 2 is 1.62 bits per heavy atom. The number of nitrogens with zero attached hydrogens (tertiary/aromatic N) is 1. The Labute approximate surface area is 185 Å². The fraction of sp³-hybridized carbons (Fsp3) is 0.316. The molecule has 0 aromatic heterocycles. The van der Waals surface area contributed by atoms with E-state index >= 15 is 0 Å². The summed E-state index contributed by atoms with van der Waals surface area (Å²) < 4.78 is 27.0. The van der Waals surface area contributed by atoms with Gasteiger partial charge in [-0.25, -0.2) is 8.42 Å². The standard InChI is InChI=1S/C19H20Cl3N3O3S/c1-13-2-4-14(5-3-13)29(27,28)25-8-6-24(7-9-25)12-19(26)23-18-11-16(21)15(20)10-17(18)22/h2-5,10-11H,6-9,12H2,1H3,(H,23,26)/p+1. The van der Waals surface area contributed by atoms with Crippen molar-refractivity contribution in [1.82, 2.24) is 4.31 Å². The van der Waals surface area contributed by atoms with Gasteiger partial charge in [-0.3, -0.25) is 4.79 Å². The molecule has 10 heteroatoms. The van der Waals surface area contributed by atoms with Crippen LogP contribution >= 0.6 is 34.8 Å². The smallest absolute Gasteiger partial charge is 0.279 e. The van der Waals surface area contributed by atoms with E-state index in [9.17, 15) is 13.2 Å². The number of benzene rings is 2. The third-order valence-electron chi connectivity index (χ3n) is 4.78. The van der Waals surface area contributed by atoms with Crippen LogP contribution in [-0.2, 0) is 14.8 Å². The Morgan fingerprint density at radius 1 is 1.03 bits per heavy atom. The van der Waals surface area contributed by atoms with Gasteiger partial charge in [-0.05, 0) is 31.2 Å². The lowest BCUT2D eigenvalue weighted by atomic mass is 10.2. The predicted octanol–water partition coefficient (Wildman–Crippen LogP) is 2.48. The largest absolute Gasteiger partial charge is 0.325 e. The van der Waals surface area contributed by atoms with Crippen LogP contribution in [0, 0.1) is 6.92 Å². The molecule has 2 N–H and O–H groups in total. The molecule has 0 saturated carbocycles. The fourth-order valence-corrected chi connectivity index (χ4v) is 5.15. The molecule has 0 unspecified atom stereocenters. The summed E-state index contributed by atoms with van der Waals surface area (Å²) in [6.07, 6.45) is 0. The van der Waals surface area contributed by atoms with Crippen molar-refractivity contribution in [3.63, 3.8) is 0 Å². The molecule has 1 fully saturated rings. The molecule has 1 aliphatic heterocycles. The molecule has 0 spiro atoms. The molecule has 1 heterocycles. The molecule has 6 nitrogen and oxygen atoms in total. The average Bonchev–Trinajstić information content (AvgIpc) is 2.67. The first kappa shape index (κ1) is 22.3. The number of hydrogen-bond acceptors (Lipinski definition) is 3. The maximum absolute atomic E-state index is 12.8. The summed E-state index contributed by atoms with van der Waals surface area (Å²) in [6.45, 7) is 3.89. The van der Waals surface area contributed by atoms with Crippen molar-refractivity contribution >= 4 is 56.4 Å². The van der Waals surface area contributed by atoms with E-state index in [1.807, 2.05) is 6.92 Å². The monoisotopic (exact) mass is 476 g/mol. The molecular formula is C19H21Cl3N3O3S+. The first-order valence-electron chi connectivity index (χ1n) is 9.01. The minimum atomic E-state index is -3.52. The molecule has 2 aromatic carbocycles. The molecule has 3 rings (SSSR count). The number of hydrogen-bond donors (Lipinski definition) is 2. The third-order valence-corrected chi connectivity index (χ3v) is 7.73. The number of piperazine rings is 1. The quantitative estimate of drug-likeness (QED) is 0.650. The lowest BCUT2D eigenvalue weighted by molar-refractivity contribution is -0.895. The van der Waals surface area contributed by atoms with E-state index in [0.717, 1.165) is 10.5 Å². The molecule has 29 heavy (non-hydrogen) atoms. The van der Waals surface area contributed by atoms with Crippen molar-refractivity contribution in [2.45, 2.75) is 11.8 Å². The second-order valence-corrected chi connectivity index (χ2v) is 10.1. The van der Waals surface area contributed by atoms with Gasteiger partial charge in [-0.1, -0.05) is 52.5 Å². The van der Waals surface area contributed by atoms with Crippen LogP contribution in [0.2, 0.25) is 15.1 Å². The second-order valence-electron chi connectivity index (χ2n) is 6.94. The van der Waals surface area contributed by atoms with Crippen LogP contribution in [0.3, 0.4) is 0 Å². The summed E-state index contributed by atoms with van der Waals surface area (Å²) in [7, 11) is -3.52. The van der Waals surface area contributed by atoms with Crippen LogP contribution in [0.25, 0.3) is 0 Å². The average molecular weight is 478 g/mol. The Kier molecular flexibility index (Phi) is 7.09. The normalized spacial score (nSPS) is 16.0. The summed E-state index contributed by atoms with van der Waals surface area (Å²) >= 11 is 18.0. The highest BCUT2D eigenvalue weighted by atomic mass is 35.5. The zero-order valence-corrected chi connectivity index (χ0v) is 18.8. The molecule has 1 amide bonds. The van der Waals surface area contributed by atoms with Gasteiger partial charge in [0.25, 0.3) is 5.91 Å². The first-order valence-corrected chi connectivity index (χ1v) is 11.6. The Hall–Kier alpha value is -1.35. The maximum Gasteiger partial charge on any atom is 0.279 e. The Bertz CT molecular complexity index is 1010. The summed E-state index contributed by atoms with van der Waals surface area (Å²) in [5.41, 5.74) is 1.40. The van der Waals surface area contributed by atoms with Gasteiger partial charge in [-0.2, -0.15) is 4.31 Å². The highest BCUT2D eigenvalue weighted by molar-refractivity contribution is 7.89. The van der Waals surface area contributed by atoms with Crippen LogP contribution in [0.5, 0.6) is 0 Å². The van der Waals surface area contributed by atoms with Crippen LogP contribution in [-0.4, -0.2) is 51.4 Å². The number of carbonyl (C=O) groups is 1. The molecule has 2 aromatic rings. The van der Waals surface area contributed by atoms with E-state index in [1.54, 1.807) is 24.3 Å². The molecule has 0 aliphatic carbocycles. The Balaban J connectivity index is 1.56. The summed E-state index contributed by atoms with van der Waals surface area (Å²) in [5, 5.41) is 3.64. The van der Waals surface area contributed by atoms with E-state index in [1.165, 1.54) is 16.4 Å². The number of aryl methyl sites for hydroxylation is 1. The van der Waals surface area contributed by atoms with Crippen molar-refractivity contribution in [1.29, 1.82) is 0 Å². The van der Waals surface area contributed by atoms with E-state index in [0.29, 0.717) is 51.8 Å². The van der Waals surface area contributed by atoms with Gasteiger partial charge in [0.2, 0.25) is 10.0 Å². The van der Waals surface area contributed by atoms with Crippen LogP contribution in [0.4, 0.5) is 5.69 Å². The highest BCUT2D eigenvalue weighted by Gasteiger charge is 2.31. The van der Waals surface area contributed by atoms with E-state index < -0.39 is 10.0 Å². The van der Waals surface area contributed by atoms with Crippen molar-refractivity contribution in [2.75, 3.05) is 38.0 Å². The van der Waals surface area contributed by atoms with Gasteiger partial charge in [0.15, 0.2) is 6.54 Å². The van der Waals surface area contributed by atoms with Crippen LogP contribution in [0.1, 0.15) is 5.56 Å². The molecule has 1 aliphatic rings. The van der Waals surface area contributed by atoms with E-state index in [4.69, 9.17) is 34.8 Å². The number of amides is 1. The van der Waals surface area contributed by atoms with Gasteiger partial charge >= 0.3 is 0 Å². The fourth-order valence-electron chi connectivity index (χ4n) is 3.12. The highest BCUT2D eigenvalue weighted by Crippen LogP contribution is 2.32. The zero-order valence-electron chi connectivity index (χ0n) is 15.7. The van der Waals surface area contributed by atoms with E-state index in [2.05, 4.69) is 5.32 Å². The van der Waals surface area contributed by atoms with Gasteiger partial charge in [0.1, 0.15) is 0 Å². The number of anilines is 1. The summed E-state index contributed by atoms with van der Waals surface area (Å²) in [5.74, 6) is -0.227. The first-order chi connectivity index (χ1) is 13.7. The van der Waals surface area contributed by atoms with Crippen LogP contribution < -0.4 is 10.2 Å². The number of nitrogens with one attached hydrogen (secondary N) is 2. The van der Waals surface area contributed by atoms with E-state index in [-0.39, 0.29) is 12.5 Å². The zero-order chi connectivity index (χ0) is 21.2. The Morgan fingerprint density at radius 3 is 2.24 bits per heavy atom. The van der Waals surface area contributed by atoms with Crippen molar-refractivity contribution in [2.24, 2.45) is 0 Å². The number of quaternary nitrogens is 1. The summed E-state index contributed by atoms with van der Waals surface area (Å²) in [6, 6.07) is 9.80. The molecule has 0 radical (unpaired) electrons. The van der Waals surface area contributed by atoms with Gasteiger partial charge in [0.05, 0.1) is 51.8 Å².